The molecule has 9 atom stereocenters. The maximum atomic E-state index is 13.2. The van der Waals surface area contributed by atoms with Gasteiger partial charge >= 0.3 is 11.9 Å². The summed E-state index contributed by atoms with van der Waals surface area (Å²) >= 11 is 0. The number of allylic oxidation sites excluding steroid dienone is 5. The fraction of sp³-hybridized carbons (Fsp3) is 0.609. The van der Waals surface area contributed by atoms with Gasteiger partial charge in [-0.1, -0.05) is 72.7 Å². The molecule has 5 aliphatic rings. The number of ketones is 2. The molecule has 0 aromatic heterocycles. The van der Waals surface area contributed by atoms with Gasteiger partial charge < -0.3 is 29.9 Å². The van der Waals surface area contributed by atoms with Crippen molar-refractivity contribution in [1.29, 1.82) is 0 Å². The summed E-state index contributed by atoms with van der Waals surface area (Å²) in [6.45, 7) is 5.23. The summed E-state index contributed by atoms with van der Waals surface area (Å²) in [5, 5.41) is 40.5. The second kappa shape index (κ2) is 20.1. The first-order chi connectivity index (χ1) is 26.8. The van der Waals surface area contributed by atoms with E-state index in [9.17, 15) is 39.6 Å². The van der Waals surface area contributed by atoms with E-state index < -0.39 is 42.3 Å². The number of aryl methyl sites for hydroxylation is 1. The van der Waals surface area contributed by atoms with Crippen LogP contribution in [0.4, 0.5) is 0 Å². The third-order valence-electron chi connectivity index (χ3n) is 13.0. The van der Waals surface area contributed by atoms with Gasteiger partial charge in [0.15, 0.2) is 11.6 Å². The summed E-state index contributed by atoms with van der Waals surface area (Å²) in [5.74, 6) is -1.43. The highest BCUT2D eigenvalue weighted by Crippen LogP contribution is 2.61. The van der Waals surface area contributed by atoms with Crippen molar-refractivity contribution in [3.8, 4) is 0 Å². The number of unbranched alkanes of at least 4 members (excludes halogenated alkanes) is 1. The Hall–Kier alpha value is -3.70. The molecule has 0 radical (unpaired) electrons. The molecule has 9 unspecified atom stereocenters. The number of aliphatic hydroxyl groups is 4. The summed E-state index contributed by atoms with van der Waals surface area (Å²) < 4.78 is 10.4. The number of benzene rings is 1. The zero-order valence-corrected chi connectivity index (χ0v) is 33.0. The monoisotopic (exact) mass is 774 g/mol. The highest BCUT2D eigenvalue weighted by Gasteiger charge is 2.59. The molecule has 0 bridgehead atoms. The number of esters is 2. The second-order valence-corrected chi connectivity index (χ2v) is 16.7. The van der Waals surface area contributed by atoms with E-state index in [-0.39, 0.29) is 60.3 Å². The first kappa shape index (κ1) is 43.4. The number of carbonyl (C=O) groups is 4. The second-order valence-electron chi connectivity index (χ2n) is 16.7. The van der Waals surface area contributed by atoms with Crippen molar-refractivity contribution in [2.75, 3.05) is 13.2 Å². The Labute approximate surface area is 331 Å². The van der Waals surface area contributed by atoms with Gasteiger partial charge in [0, 0.05) is 18.3 Å². The fourth-order valence-corrected chi connectivity index (χ4v) is 9.77. The van der Waals surface area contributed by atoms with E-state index in [0.29, 0.717) is 51.4 Å². The summed E-state index contributed by atoms with van der Waals surface area (Å²) in [7, 11) is 0. The van der Waals surface area contributed by atoms with Crippen LogP contribution in [0.15, 0.2) is 78.4 Å². The molecule has 10 nitrogen and oxygen atoms in total. The predicted octanol–water partition coefficient (Wildman–Crippen LogP) is 6.24. The number of rotatable bonds is 16. The Morgan fingerprint density at radius 1 is 1.00 bits per heavy atom. The molecule has 0 heterocycles. The third-order valence-corrected chi connectivity index (χ3v) is 13.0. The highest BCUT2D eigenvalue weighted by molar-refractivity contribution is 5.92. The van der Waals surface area contributed by atoms with Crippen LogP contribution in [0.1, 0.15) is 109 Å². The van der Waals surface area contributed by atoms with Crippen LogP contribution in [0.2, 0.25) is 0 Å². The van der Waals surface area contributed by atoms with Crippen molar-refractivity contribution >= 4 is 23.5 Å². The molecular formula is C46H62O10. The maximum Gasteiger partial charge on any atom is 0.309 e. The molecule has 306 valence electrons. The average molecular weight is 775 g/mol. The van der Waals surface area contributed by atoms with Crippen molar-refractivity contribution in [3.05, 3.63) is 84.0 Å². The lowest BCUT2D eigenvalue weighted by Gasteiger charge is -2.52. The number of Topliss-reactive ketones (excluding diaryl/α,β-unsaturated/α-hetero) is 1. The van der Waals surface area contributed by atoms with Crippen LogP contribution < -0.4 is 0 Å². The Bertz CT molecular complexity index is 1630. The molecule has 5 aliphatic carbocycles. The standard InChI is InChI=1S/C35H48O9.C11H14O/c1-34-15-12-24(36)19-23(34)8-9-26-27(34)13-16-35(42)28(26)10-11-29(35)31(39)21-44-33(41)14-17-43-32(40)7-5-3-2-4-6-22-18-25(37)20-30(22)38;1-2-11(12)9-8-10-6-4-3-5-7-10/h2,4,13,19,22,25-26,28-30,37-38,42H,3,5-12,14-18,20-21H2,1H3;2-7,11-12H,1,8-9H2/b4-2-;. The molecule has 10 heteroatoms. The van der Waals surface area contributed by atoms with E-state index in [0.717, 1.165) is 38.5 Å². The number of carbonyl (C=O) groups excluding carboxylic acids is 4. The molecule has 3 saturated carbocycles. The van der Waals surface area contributed by atoms with Crippen LogP contribution >= 0.6 is 0 Å². The number of hydrogen-bond donors (Lipinski definition) is 4. The van der Waals surface area contributed by atoms with Crippen LogP contribution in [0.25, 0.3) is 0 Å². The van der Waals surface area contributed by atoms with E-state index in [1.807, 2.05) is 36.4 Å². The highest BCUT2D eigenvalue weighted by atomic mass is 16.5. The Morgan fingerprint density at radius 3 is 2.50 bits per heavy atom. The van der Waals surface area contributed by atoms with Crippen molar-refractivity contribution in [1.82, 2.24) is 0 Å². The molecular weight excluding hydrogens is 712 g/mol. The number of fused-ring (bicyclic) bond motifs is 5. The van der Waals surface area contributed by atoms with Gasteiger partial charge in [0.2, 0.25) is 0 Å². The summed E-state index contributed by atoms with van der Waals surface area (Å²) in [4.78, 5) is 49.5. The van der Waals surface area contributed by atoms with Crippen molar-refractivity contribution < 1.29 is 49.1 Å². The minimum Gasteiger partial charge on any atom is -0.465 e. The van der Waals surface area contributed by atoms with Gasteiger partial charge in [-0.05, 0) is 113 Å². The quantitative estimate of drug-likeness (QED) is 0.0858. The van der Waals surface area contributed by atoms with E-state index in [1.165, 1.54) is 16.7 Å². The van der Waals surface area contributed by atoms with Crippen LogP contribution in [0.5, 0.6) is 0 Å². The molecule has 1 aromatic carbocycles. The predicted molar refractivity (Wildman–Crippen MR) is 212 cm³/mol. The van der Waals surface area contributed by atoms with Crippen LogP contribution in [0.3, 0.4) is 0 Å². The fourth-order valence-electron chi connectivity index (χ4n) is 9.77. The molecule has 0 spiro atoms. The average Bonchev–Trinajstić information content (AvgIpc) is 3.71. The van der Waals surface area contributed by atoms with Gasteiger partial charge in [-0.3, -0.25) is 19.2 Å². The molecule has 3 fully saturated rings. The maximum absolute atomic E-state index is 13.2. The zero-order chi connectivity index (χ0) is 40.3. The zero-order valence-electron chi connectivity index (χ0n) is 33.0. The largest absolute Gasteiger partial charge is 0.465 e. The lowest BCUT2D eigenvalue weighted by atomic mass is 9.53. The van der Waals surface area contributed by atoms with Crippen molar-refractivity contribution in [3.63, 3.8) is 0 Å². The summed E-state index contributed by atoms with van der Waals surface area (Å²) in [6, 6.07) is 10.1. The van der Waals surface area contributed by atoms with Gasteiger partial charge in [-0.25, -0.2) is 0 Å². The lowest BCUT2D eigenvalue weighted by Crippen LogP contribution is -2.51. The summed E-state index contributed by atoms with van der Waals surface area (Å²) in [6.07, 6.45) is 17.8. The Morgan fingerprint density at radius 2 is 1.77 bits per heavy atom. The van der Waals surface area contributed by atoms with E-state index >= 15 is 0 Å². The number of aliphatic hydroxyl groups excluding tert-OH is 3. The molecule has 56 heavy (non-hydrogen) atoms. The van der Waals surface area contributed by atoms with Gasteiger partial charge in [0.25, 0.3) is 0 Å². The molecule has 6 rings (SSSR count). The SMILES string of the molecule is C=CC(O)CCc1ccccc1.CC12CCC(=O)C=C1CCC1C2=CCC2(O)C(C(=O)COC(=O)CCOC(=O)CCC/C=C\CC3CC(O)CC3O)CCC12. The minimum atomic E-state index is -1.15. The van der Waals surface area contributed by atoms with E-state index in [4.69, 9.17) is 9.47 Å². The van der Waals surface area contributed by atoms with Crippen molar-refractivity contribution in [2.45, 2.75) is 134 Å². The molecule has 4 N–H and O–H groups in total. The van der Waals surface area contributed by atoms with Gasteiger partial charge in [0.1, 0.15) is 13.2 Å². The molecule has 0 amide bonds. The van der Waals surface area contributed by atoms with Crippen LogP contribution in [0, 0.1) is 29.1 Å². The van der Waals surface area contributed by atoms with Gasteiger partial charge in [0.05, 0.1) is 36.3 Å². The molecule has 1 aromatic rings. The van der Waals surface area contributed by atoms with Gasteiger partial charge in [-0.2, -0.15) is 0 Å². The normalized spacial score (nSPS) is 31.1. The van der Waals surface area contributed by atoms with Crippen LogP contribution in [-0.4, -0.2) is 81.1 Å². The number of hydrogen-bond acceptors (Lipinski definition) is 10. The first-order valence-electron chi connectivity index (χ1n) is 20.7. The third kappa shape index (κ3) is 11.0. The van der Waals surface area contributed by atoms with E-state index in [1.54, 1.807) is 6.08 Å². The van der Waals surface area contributed by atoms with E-state index in [2.05, 4.69) is 31.7 Å². The lowest BCUT2D eigenvalue weighted by molar-refractivity contribution is -0.155. The molecule has 0 aliphatic heterocycles. The minimum absolute atomic E-state index is 0.0210. The van der Waals surface area contributed by atoms with Crippen molar-refractivity contribution in [2.24, 2.45) is 29.1 Å². The molecule has 0 saturated heterocycles. The number of ether oxygens (including phenoxy) is 2. The van der Waals surface area contributed by atoms with Gasteiger partial charge in [-0.15, -0.1) is 6.58 Å². The van der Waals surface area contributed by atoms with Crippen LogP contribution in [-0.2, 0) is 35.1 Å². The summed E-state index contributed by atoms with van der Waals surface area (Å²) in [5.41, 5.74) is 2.51. The Kier molecular flexibility index (Phi) is 15.6. The first-order valence-corrected chi connectivity index (χ1v) is 20.7. The smallest absolute Gasteiger partial charge is 0.309 e. The topological polar surface area (TPSA) is 168 Å². The Balaban J connectivity index is 0.000000427.